The molecule has 4 aliphatic rings. The zero-order chi connectivity index (χ0) is 25.4. The van der Waals surface area contributed by atoms with Gasteiger partial charge >= 0.3 is 0 Å². The topological polar surface area (TPSA) is 113 Å². The van der Waals surface area contributed by atoms with E-state index in [2.05, 4.69) is 23.6 Å². The second kappa shape index (κ2) is 10.2. The van der Waals surface area contributed by atoms with Gasteiger partial charge in [0.1, 0.15) is 15.9 Å². The van der Waals surface area contributed by atoms with Crippen LogP contribution in [0.15, 0.2) is 18.2 Å². The van der Waals surface area contributed by atoms with Crippen molar-refractivity contribution in [2.24, 2.45) is 11.8 Å². The monoisotopic (exact) mass is 515 g/mol. The van der Waals surface area contributed by atoms with Gasteiger partial charge < -0.3 is 10.2 Å². The highest BCUT2D eigenvalue weighted by Gasteiger charge is 2.39. The van der Waals surface area contributed by atoms with Gasteiger partial charge in [-0.15, -0.1) is 0 Å². The molecule has 0 aromatic heterocycles. The van der Waals surface area contributed by atoms with E-state index in [4.69, 9.17) is 0 Å². The fraction of sp³-hybridized carbons (Fsp3) is 0.667. The highest BCUT2D eigenvalue weighted by molar-refractivity contribution is 7.91. The molecule has 3 amide bonds. The van der Waals surface area contributed by atoms with Crippen LogP contribution in [0.1, 0.15) is 79.8 Å². The van der Waals surface area contributed by atoms with E-state index in [9.17, 15) is 22.8 Å². The Kier molecular flexibility index (Phi) is 7.23. The van der Waals surface area contributed by atoms with Crippen LogP contribution < -0.4 is 10.6 Å². The molecule has 5 rings (SSSR count). The third-order valence-corrected chi connectivity index (χ3v) is 10.5. The number of piperidine rings is 1. The molecule has 1 aromatic rings. The highest BCUT2D eigenvalue weighted by Crippen LogP contribution is 2.33. The molecule has 0 spiro atoms. The Balaban J connectivity index is 1.23. The number of fused-ring (bicyclic) bond motifs is 1. The fourth-order valence-electron chi connectivity index (χ4n) is 6.61. The molecule has 1 unspecified atom stereocenters. The van der Waals surface area contributed by atoms with E-state index in [0.29, 0.717) is 54.0 Å². The Morgan fingerprint density at radius 3 is 2.56 bits per heavy atom. The van der Waals surface area contributed by atoms with Crippen LogP contribution in [0.2, 0.25) is 0 Å². The third kappa shape index (κ3) is 5.37. The number of nitrogens with one attached hydrogen (secondary N) is 2. The smallest absolute Gasteiger partial charge is 0.255 e. The predicted octanol–water partition coefficient (Wildman–Crippen LogP) is 2.35. The summed E-state index contributed by atoms with van der Waals surface area (Å²) in [5.74, 6) is 0.722. The molecule has 3 aliphatic heterocycles. The van der Waals surface area contributed by atoms with Gasteiger partial charge in [-0.1, -0.05) is 25.0 Å². The van der Waals surface area contributed by atoms with Crippen molar-refractivity contribution in [3.63, 3.8) is 0 Å². The van der Waals surface area contributed by atoms with Crippen LogP contribution in [-0.4, -0.2) is 60.7 Å². The Bertz CT molecular complexity index is 1140. The summed E-state index contributed by atoms with van der Waals surface area (Å²) in [6.45, 7) is 2.61. The third-order valence-electron chi connectivity index (χ3n) is 8.78. The van der Waals surface area contributed by atoms with Crippen molar-refractivity contribution in [2.75, 3.05) is 11.5 Å². The Labute approximate surface area is 213 Å². The molecule has 8 nitrogen and oxygen atoms in total. The van der Waals surface area contributed by atoms with Gasteiger partial charge in [-0.25, -0.2) is 8.42 Å². The summed E-state index contributed by atoms with van der Waals surface area (Å²) in [5.41, 5.74) is 2.82. The molecule has 1 aliphatic carbocycles. The van der Waals surface area contributed by atoms with Crippen LogP contribution in [0.3, 0.4) is 0 Å². The number of carbonyl (C=O) groups is 3. The van der Waals surface area contributed by atoms with Gasteiger partial charge in [0, 0.05) is 30.6 Å². The minimum Gasteiger partial charge on any atom is -0.322 e. The summed E-state index contributed by atoms with van der Waals surface area (Å²) in [4.78, 5) is 38.4. The van der Waals surface area contributed by atoms with Gasteiger partial charge in [0.15, 0.2) is 0 Å². The second-order valence-corrected chi connectivity index (χ2v) is 13.5. The van der Waals surface area contributed by atoms with E-state index in [-0.39, 0.29) is 24.1 Å². The quantitative estimate of drug-likeness (QED) is 0.563. The number of hydrogen-bond acceptors (Lipinski definition) is 6. The van der Waals surface area contributed by atoms with Gasteiger partial charge in [-0.2, -0.15) is 0 Å². The van der Waals surface area contributed by atoms with Crippen LogP contribution >= 0.6 is 0 Å². The fourth-order valence-corrected chi connectivity index (χ4v) is 8.14. The van der Waals surface area contributed by atoms with E-state index >= 15 is 0 Å². The van der Waals surface area contributed by atoms with Crippen molar-refractivity contribution in [3.05, 3.63) is 34.9 Å². The zero-order valence-corrected chi connectivity index (χ0v) is 21.8. The predicted molar refractivity (Wildman–Crippen MR) is 136 cm³/mol. The number of hydrogen-bond donors (Lipinski definition) is 2. The highest BCUT2D eigenvalue weighted by atomic mass is 32.2. The van der Waals surface area contributed by atoms with E-state index in [1.807, 2.05) is 12.1 Å². The summed E-state index contributed by atoms with van der Waals surface area (Å²) in [7, 11) is -2.85. The lowest BCUT2D eigenvalue weighted by molar-refractivity contribution is -0.136. The molecular weight excluding hydrogens is 478 g/mol. The first-order valence-corrected chi connectivity index (χ1v) is 15.3. The molecule has 1 saturated carbocycles. The van der Waals surface area contributed by atoms with Crippen LogP contribution in [0, 0.1) is 11.8 Å². The van der Waals surface area contributed by atoms with Crippen molar-refractivity contribution >= 4 is 27.6 Å². The van der Waals surface area contributed by atoms with Crippen LogP contribution in [-0.2, 0) is 32.4 Å². The number of amides is 3. The lowest BCUT2D eigenvalue weighted by Crippen LogP contribution is -2.52. The summed E-state index contributed by atoms with van der Waals surface area (Å²) in [5, 5.41) is 6.23. The lowest BCUT2D eigenvalue weighted by atomic mass is 9.79. The number of imide groups is 1. The largest absolute Gasteiger partial charge is 0.322 e. The van der Waals surface area contributed by atoms with E-state index in [0.717, 1.165) is 37.7 Å². The summed E-state index contributed by atoms with van der Waals surface area (Å²) < 4.78 is 23.7. The first-order chi connectivity index (χ1) is 17.2. The maximum absolute atomic E-state index is 13.0. The average molecular weight is 516 g/mol. The molecule has 3 fully saturated rings. The standard InChI is InChI=1S/C27H37N3O5S/c1-17(19-10-12-36(34,35)13-11-19)28-23-5-3-2-4-20(23)14-18-6-7-22-21(15-18)16-30(27(22)33)24-8-9-25(31)29-26(24)32/h6-7,15,17,19-20,23-24,28H,2-5,8-14,16H2,1H3,(H,29,31,32)/t17-,20+,23-,24?/m0/s1. The Morgan fingerprint density at radius 2 is 1.81 bits per heavy atom. The van der Waals surface area contributed by atoms with Gasteiger partial charge in [-0.05, 0) is 74.5 Å². The summed E-state index contributed by atoms with van der Waals surface area (Å²) >= 11 is 0. The van der Waals surface area contributed by atoms with Gasteiger partial charge in [0.25, 0.3) is 5.91 Å². The molecule has 2 N–H and O–H groups in total. The first kappa shape index (κ1) is 25.4. The number of benzene rings is 1. The van der Waals surface area contributed by atoms with E-state index in [1.165, 1.54) is 18.4 Å². The number of rotatable bonds is 6. The molecular formula is C27H37N3O5S. The van der Waals surface area contributed by atoms with Crippen molar-refractivity contribution < 1.29 is 22.8 Å². The second-order valence-electron chi connectivity index (χ2n) is 11.2. The van der Waals surface area contributed by atoms with Crippen LogP contribution in [0.4, 0.5) is 0 Å². The molecule has 36 heavy (non-hydrogen) atoms. The maximum atomic E-state index is 13.0. The number of carbonyl (C=O) groups excluding carboxylic acids is 3. The minimum absolute atomic E-state index is 0.133. The molecule has 4 atom stereocenters. The van der Waals surface area contributed by atoms with Crippen molar-refractivity contribution in [3.8, 4) is 0 Å². The molecule has 196 valence electrons. The van der Waals surface area contributed by atoms with E-state index in [1.54, 1.807) is 4.90 Å². The van der Waals surface area contributed by atoms with E-state index < -0.39 is 15.9 Å². The van der Waals surface area contributed by atoms with Crippen molar-refractivity contribution in [1.82, 2.24) is 15.5 Å². The summed E-state index contributed by atoms with van der Waals surface area (Å²) in [6, 6.07) is 6.18. The molecule has 0 radical (unpaired) electrons. The Hall–Kier alpha value is -2.26. The van der Waals surface area contributed by atoms with Gasteiger partial charge in [-0.3, -0.25) is 19.7 Å². The average Bonchev–Trinajstić information content (AvgIpc) is 3.15. The lowest BCUT2D eigenvalue weighted by Gasteiger charge is -2.37. The van der Waals surface area contributed by atoms with Crippen molar-refractivity contribution in [1.29, 1.82) is 0 Å². The zero-order valence-electron chi connectivity index (χ0n) is 21.0. The summed E-state index contributed by atoms with van der Waals surface area (Å²) in [6.07, 6.45) is 7.76. The normalized spacial score (nSPS) is 29.6. The molecule has 2 saturated heterocycles. The molecule has 9 heteroatoms. The van der Waals surface area contributed by atoms with Crippen LogP contribution in [0.25, 0.3) is 0 Å². The molecule has 3 heterocycles. The van der Waals surface area contributed by atoms with Gasteiger partial charge in [0.2, 0.25) is 11.8 Å². The van der Waals surface area contributed by atoms with Gasteiger partial charge in [0.05, 0.1) is 11.5 Å². The molecule has 0 bridgehead atoms. The maximum Gasteiger partial charge on any atom is 0.255 e. The SMILES string of the molecule is C[C@H](N[C@H]1CCCC[C@@H]1Cc1ccc2c(c1)CN(C1CCC(=O)NC1=O)C2=O)C1CCS(=O)(=O)CC1. The van der Waals surface area contributed by atoms with Crippen molar-refractivity contribution in [2.45, 2.75) is 89.4 Å². The minimum atomic E-state index is -2.85. The Morgan fingerprint density at radius 1 is 1.06 bits per heavy atom. The first-order valence-electron chi connectivity index (χ1n) is 13.4. The number of sulfone groups is 1. The van der Waals surface area contributed by atoms with Crippen LogP contribution in [0.5, 0.6) is 0 Å². The number of nitrogens with zero attached hydrogens (tertiary/aromatic N) is 1. The molecule has 1 aromatic carbocycles.